The standard InChI is InChI=1S/C13H24N2O4S/c1-2-11-5-3-7-14(9-11)20(18,19)15-8-4-6-12(10-15)13(16)17/h11-12H,2-10H2,1H3,(H,16,17). The molecule has 2 aliphatic heterocycles. The minimum atomic E-state index is -3.49. The highest BCUT2D eigenvalue weighted by atomic mass is 32.2. The molecular formula is C13H24N2O4S. The van der Waals surface area contributed by atoms with E-state index in [0.29, 0.717) is 38.4 Å². The lowest BCUT2D eigenvalue weighted by molar-refractivity contribution is -0.142. The third-order valence-corrected chi connectivity index (χ3v) is 6.41. The van der Waals surface area contributed by atoms with Gasteiger partial charge in [0.05, 0.1) is 5.92 Å². The van der Waals surface area contributed by atoms with Gasteiger partial charge in [-0.1, -0.05) is 13.3 Å². The Balaban J connectivity index is 2.07. The first-order valence-electron chi connectivity index (χ1n) is 7.43. The van der Waals surface area contributed by atoms with Crippen molar-refractivity contribution in [2.45, 2.75) is 39.0 Å². The van der Waals surface area contributed by atoms with E-state index in [1.807, 2.05) is 0 Å². The molecule has 0 bridgehead atoms. The Bertz CT molecular complexity index is 451. The molecule has 116 valence electrons. The number of carboxylic acid groups (broad SMARTS) is 1. The largest absolute Gasteiger partial charge is 0.481 e. The van der Waals surface area contributed by atoms with Gasteiger partial charge in [0, 0.05) is 26.2 Å². The van der Waals surface area contributed by atoms with Crippen LogP contribution in [0.4, 0.5) is 0 Å². The summed E-state index contributed by atoms with van der Waals surface area (Å²) in [5.41, 5.74) is 0. The number of carboxylic acids is 1. The Morgan fingerprint density at radius 2 is 1.75 bits per heavy atom. The summed E-state index contributed by atoms with van der Waals surface area (Å²) in [6.07, 6.45) is 4.16. The van der Waals surface area contributed by atoms with E-state index >= 15 is 0 Å². The van der Waals surface area contributed by atoms with Gasteiger partial charge in [0.2, 0.25) is 0 Å². The molecule has 0 aromatic carbocycles. The van der Waals surface area contributed by atoms with Crippen molar-refractivity contribution in [1.29, 1.82) is 0 Å². The Kier molecular flexibility index (Phi) is 5.04. The molecule has 0 aliphatic carbocycles. The topological polar surface area (TPSA) is 77.9 Å². The van der Waals surface area contributed by atoms with Gasteiger partial charge in [0.1, 0.15) is 0 Å². The van der Waals surface area contributed by atoms with Gasteiger partial charge in [0.25, 0.3) is 10.2 Å². The summed E-state index contributed by atoms with van der Waals surface area (Å²) in [6.45, 7) is 3.78. The zero-order chi connectivity index (χ0) is 14.8. The molecule has 2 fully saturated rings. The molecule has 7 heteroatoms. The average Bonchev–Trinajstić information content (AvgIpc) is 2.47. The molecule has 2 rings (SSSR count). The molecule has 0 saturated carbocycles. The van der Waals surface area contributed by atoms with E-state index in [2.05, 4.69) is 6.92 Å². The van der Waals surface area contributed by atoms with Crippen LogP contribution in [-0.4, -0.2) is 54.3 Å². The van der Waals surface area contributed by atoms with Crippen LogP contribution in [0.25, 0.3) is 0 Å². The lowest BCUT2D eigenvalue weighted by atomic mass is 9.97. The summed E-state index contributed by atoms with van der Waals surface area (Å²) >= 11 is 0. The highest BCUT2D eigenvalue weighted by Crippen LogP contribution is 2.26. The van der Waals surface area contributed by atoms with Crippen LogP contribution in [0.3, 0.4) is 0 Å². The van der Waals surface area contributed by atoms with Gasteiger partial charge in [-0.15, -0.1) is 0 Å². The monoisotopic (exact) mass is 304 g/mol. The fourth-order valence-electron chi connectivity index (χ4n) is 3.09. The maximum atomic E-state index is 12.6. The SMILES string of the molecule is CCC1CCCN(S(=O)(=O)N2CCCC(C(=O)O)C2)C1. The smallest absolute Gasteiger partial charge is 0.307 e. The lowest BCUT2D eigenvalue weighted by Crippen LogP contribution is -2.51. The highest BCUT2D eigenvalue weighted by molar-refractivity contribution is 7.86. The molecule has 0 aromatic heterocycles. The Hall–Kier alpha value is -0.660. The summed E-state index contributed by atoms with van der Waals surface area (Å²) in [7, 11) is -3.49. The van der Waals surface area contributed by atoms with Crippen LogP contribution < -0.4 is 0 Å². The number of nitrogens with zero attached hydrogens (tertiary/aromatic N) is 2. The number of carbonyl (C=O) groups is 1. The van der Waals surface area contributed by atoms with Crippen molar-refractivity contribution in [1.82, 2.24) is 8.61 Å². The van der Waals surface area contributed by atoms with Crippen LogP contribution in [0.5, 0.6) is 0 Å². The van der Waals surface area contributed by atoms with E-state index in [-0.39, 0.29) is 6.54 Å². The Morgan fingerprint density at radius 3 is 2.35 bits per heavy atom. The van der Waals surface area contributed by atoms with E-state index < -0.39 is 22.1 Å². The molecule has 2 atom stereocenters. The average molecular weight is 304 g/mol. The van der Waals surface area contributed by atoms with E-state index in [0.717, 1.165) is 19.3 Å². The van der Waals surface area contributed by atoms with Crippen molar-refractivity contribution in [3.05, 3.63) is 0 Å². The minimum absolute atomic E-state index is 0.116. The molecule has 1 N–H and O–H groups in total. The molecule has 0 spiro atoms. The van der Waals surface area contributed by atoms with Crippen LogP contribution in [-0.2, 0) is 15.0 Å². The van der Waals surface area contributed by atoms with Gasteiger partial charge in [-0.25, -0.2) is 0 Å². The third kappa shape index (κ3) is 3.32. The molecular weight excluding hydrogens is 280 g/mol. The van der Waals surface area contributed by atoms with E-state index in [1.54, 1.807) is 4.31 Å². The maximum Gasteiger partial charge on any atom is 0.307 e. The first-order chi connectivity index (χ1) is 9.45. The van der Waals surface area contributed by atoms with Crippen LogP contribution in [0.2, 0.25) is 0 Å². The van der Waals surface area contributed by atoms with Crippen molar-refractivity contribution in [3.8, 4) is 0 Å². The molecule has 6 nitrogen and oxygen atoms in total. The van der Waals surface area contributed by atoms with Gasteiger partial charge in [0.15, 0.2) is 0 Å². The summed E-state index contributed by atoms with van der Waals surface area (Å²) in [4.78, 5) is 11.1. The van der Waals surface area contributed by atoms with E-state index in [9.17, 15) is 13.2 Å². The molecule has 2 aliphatic rings. The van der Waals surface area contributed by atoms with Gasteiger partial charge in [-0.05, 0) is 31.6 Å². The fourth-order valence-corrected chi connectivity index (χ4v) is 4.90. The summed E-state index contributed by atoms with van der Waals surface area (Å²) in [5.74, 6) is -1.03. The second-order valence-corrected chi connectivity index (χ2v) is 7.75. The summed E-state index contributed by atoms with van der Waals surface area (Å²) in [5, 5.41) is 9.08. The fraction of sp³-hybridized carbons (Fsp3) is 0.923. The lowest BCUT2D eigenvalue weighted by Gasteiger charge is -2.37. The van der Waals surface area contributed by atoms with Crippen LogP contribution in [0.15, 0.2) is 0 Å². The van der Waals surface area contributed by atoms with Crippen molar-refractivity contribution in [2.75, 3.05) is 26.2 Å². The molecule has 0 aromatic rings. The number of hydrogen-bond donors (Lipinski definition) is 1. The predicted octanol–water partition coefficient (Wildman–Crippen LogP) is 1.15. The highest BCUT2D eigenvalue weighted by Gasteiger charge is 2.37. The maximum absolute atomic E-state index is 12.6. The van der Waals surface area contributed by atoms with Crippen molar-refractivity contribution < 1.29 is 18.3 Å². The number of aliphatic carboxylic acids is 1. The molecule has 2 heterocycles. The molecule has 2 saturated heterocycles. The van der Waals surface area contributed by atoms with Crippen LogP contribution in [0.1, 0.15) is 39.0 Å². The number of rotatable bonds is 4. The van der Waals surface area contributed by atoms with E-state index in [4.69, 9.17) is 5.11 Å². The zero-order valence-corrected chi connectivity index (χ0v) is 12.8. The quantitative estimate of drug-likeness (QED) is 0.845. The van der Waals surface area contributed by atoms with Gasteiger partial charge < -0.3 is 5.11 Å². The van der Waals surface area contributed by atoms with Crippen molar-refractivity contribution in [3.63, 3.8) is 0 Å². The molecule has 20 heavy (non-hydrogen) atoms. The van der Waals surface area contributed by atoms with Crippen molar-refractivity contribution >= 4 is 16.2 Å². The first kappa shape index (κ1) is 15.7. The van der Waals surface area contributed by atoms with Crippen LogP contribution >= 0.6 is 0 Å². The first-order valence-corrected chi connectivity index (χ1v) is 8.83. The second-order valence-electron chi connectivity index (χ2n) is 5.82. The molecule has 0 radical (unpaired) electrons. The van der Waals surface area contributed by atoms with Gasteiger partial charge >= 0.3 is 5.97 Å². The van der Waals surface area contributed by atoms with Gasteiger partial charge in [-0.2, -0.15) is 17.0 Å². The Morgan fingerprint density at radius 1 is 1.15 bits per heavy atom. The summed E-state index contributed by atoms with van der Waals surface area (Å²) < 4.78 is 28.2. The van der Waals surface area contributed by atoms with Crippen LogP contribution in [0, 0.1) is 11.8 Å². The van der Waals surface area contributed by atoms with Crippen molar-refractivity contribution in [2.24, 2.45) is 11.8 Å². The third-order valence-electron chi connectivity index (χ3n) is 4.45. The minimum Gasteiger partial charge on any atom is -0.481 e. The molecule has 0 amide bonds. The second kappa shape index (κ2) is 6.41. The number of hydrogen-bond acceptors (Lipinski definition) is 3. The van der Waals surface area contributed by atoms with E-state index in [1.165, 1.54) is 4.31 Å². The normalized spacial score (nSPS) is 30.2. The van der Waals surface area contributed by atoms with Gasteiger partial charge in [-0.3, -0.25) is 4.79 Å². The Labute approximate surface area is 120 Å². The predicted molar refractivity (Wildman–Crippen MR) is 75.4 cm³/mol. The summed E-state index contributed by atoms with van der Waals surface area (Å²) in [6, 6.07) is 0. The molecule has 2 unspecified atom stereocenters. The zero-order valence-electron chi connectivity index (χ0n) is 12.0. The number of piperidine rings is 2.